The number of nitriles is 1. The van der Waals surface area contributed by atoms with Crippen LogP contribution in [0.1, 0.15) is 16.0 Å². The molecule has 1 heterocycles. The Balaban J connectivity index is 1.65. The Morgan fingerprint density at radius 2 is 1.93 bits per heavy atom. The zero-order valence-electron chi connectivity index (χ0n) is 15.9. The van der Waals surface area contributed by atoms with E-state index in [1.54, 1.807) is 18.3 Å². The first-order valence-corrected chi connectivity index (χ1v) is 11.4. The van der Waals surface area contributed by atoms with Crippen molar-refractivity contribution in [1.82, 2.24) is 9.29 Å². The Morgan fingerprint density at radius 3 is 2.67 bits per heavy atom. The third kappa shape index (κ3) is 5.04. The highest BCUT2D eigenvalue weighted by molar-refractivity contribution is 7.89. The van der Waals surface area contributed by atoms with Gasteiger partial charge in [-0.15, -0.1) is 11.3 Å². The van der Waals surface area contributed by atoms with Gasteiger partial charge in [-0.05, 0) is 23.8 Å². The van der Waals surface area contributed by atoms with Gasteiger partial charge in [-0.3, -0.25) is 4.79 Å². The number of halogens is 1. The van der Waals surface area contributed by atoms with Crippen LogP contribution in [0, 0.1) is 11.3 Å². The minimum Gasteiger partial charge on any atom is -0.301 e. The number of nitrogens with zero attached hydrogens (tertiary/aromatic N) is 3. The molecule has 3 aromatic rings. The van der Waals surface area contributed by atoms with Crippen molar-refractivity contribution in [2.75, 3.05) is 18.9 Å². The van der Waals surface area contributed by atoms with Gasteiger partial charge in [0.1, 0.15) is 6.07 Å². The smallest absolute Gasteiger partial charge is 0.244 e. The molecule has 2 aromatic carbocycles. The van der Waals surface area contributed by atoms with Crippen molar-refractivity contribution >= 4 is 44.0 Å². The van der Waals surface area contributed by atoms with E-state index in [1.165, 1.54) is 36.6 Å². The number of nitrogens with one attached hydrogen (secondary N) is 1. The maximum atomic E-state index is 12.7. The highest BCUT2D eigenvalue weighted by Gasteiger charge is 2.25. The van der Waals surface area contributed by atoms with Crippen LogP contribution in [0.2, 0.25) is 5.02 Å². The van der Waals surface area contributed by atoms with E-state index in [0.717, 1.165) is 14.7 Å². The third-order valence-electron chi connectivity index (χ3n) is 4.18. The van der Waals surface area contributed by atoms with E-state index in [0.29, 0.717) is 16.6 Å². The number of thiazole rings is 1. The molecule has 0 aliphatic carbocycles. The Labute approximate surface area is 183 Å². The molecule has 0 saturated carbocycles. The van der Waals surface area contributed by atoms with Gasteiger partial charge in [0.2, 0.25) is 15.9 Å². The average Bonchev–Trinajstić information content (AvgIpc) is 3.16. The molecular formula is C20H17ClN4O3S2. The molecule has 1 aromatic heterocycles. The van der Waals surface area contributed by atoms with Crippen LogP contribution in [0.4, 0.5) is 5.13 Å². The molecule has 0 saturated heterocycles. The number of sulfonamides is 1. The molecule has 1 amide bonds. The number of carbonyl (C=O) groups excluding carboxylic acids is 1. The van der Waals surface area contributed by atoms with E-state index in [1.807, 2.05) is 24.3 Å². The van der Waals surface area contributed by atoms with Gasteiger partial charge < -0.3 is 5.32 Å². The Hall–Kier alpha value is -2.77. The van der Waals surface area contributed by atoms with Crippen LogP contribution in [0.25, 0.3) is 0 Å². The van der Waals surface area contributed by atoms with Gasteiger partial charge in [0.25, 0.3) is 0 Å². The number of hydrogen-bond donors (Lipinski definition) is 1. The number of aromatic nitrogens is 1. The summed E-state index contributed by atoms with van der Waals surface area (Å²) in [6.45, 7) is -0.415. The largest absolute Gasteiger partial charge is 0.301 e. The predicted molar refractivity (Wildman–Crippen MR) is 116 cm³/mol. The summed E-state index contributed by atoms with van der Waals surface area (Å²) in [4.78, 5) is 17.3. The fourth-order valence-corrected chi connectivity index (χ4v) is 4.99. The lowest BCUT2D eigenvalue weighted by Crippen LogP contribution is -2.35. The zero-order chi connectivity index (χ0) is 21.7. The van der Waals surface area contributed by atoms with Crippen molar-refractivity contribution in [1.29, 1.82) is 5.26 Å². The molecule has 0 bridgehead atoms. The molecule has 0 radical (unpaired) electrons. The number of amides is 1. The monoisotopic (exact) mass is 460 g/mol. The molecule has 0 unspecified atom stereocenters. The zero-order valence-corrected chi connectivity index (χ0v) is 18.3. The number of hydrogen-bond acceptors (Lipinski definition) is 6. The van der Waals surface area contributed by atoms with Crippen LogP contribution in [0.3, 0.4) is 0 Å². The number of rotatable bonds is 7. The summed E-state index contributed by atoms with van der Waals surface area (Å²) in [7, 11) is -2.71. The van der Waals surface area contributed by atoms with E-state index in [4.69, 9.17) is 16.9 Å². The summed E-state index contributed by atoms with van der Waals surface area (Å²) in [6, 6.07) is 15.2. The molecule has 7 nitrogen and oxygen atoms in total. The van der Waals surface area contributed by atoms with Crippen LogP contribution < -0.4 is 5.32 Å². The molecule has 0 fully saturated rings. The summed E-state index contributed by atoms with van der Waals surface area (Å²) in [5.41, 5.74) is 0.969. The molecule has 30 heavy (non-hydrogen) atoms. The molecule has 0 aliphatic rings. The third-order valence-corrected chi connectivity index (χ3v) is 7.33. The summed E-state index contributed by atoms with van der Waals surface area (Å²) in [6.07, 6.45) is 2.22. The molecule has 10 heteroatoms. The maximum absolute atomic E-state index is 12.7. The molecule has 154 valence electrons. The van der Waals surface area contributed by atoms with E-state index in [9.17, 15) is 13.2 Å². The average molecular weight is 461 g/mol. The lowest BCUT2D eigenvalue weighted by molar-refractivity contribution is -0.116. The van der Waals surface area contributed by atoms with Gasteiger partial charge in [-0.1, -0.05) is 41.9 Å². The molecule has 0 atom stereocenters. The van der Waals surface area contributed by atoms with Crippen LogP contribution in [0.15, 0.2) is 59.6 Å². The van der Waals surface area contributed by atoms with Crippen molar-refractivity contribution in [2.45, 2.75) is 11.3 Å². The number of anilines is 1. The molecule has 3 rings (SSSR count). The SMILES string of the molecule is CN(CC(=O)Nc1ncc(Cc2ccccc2Cl)s1)S(=O)(=O)c1ccccc1C#N. The lowest BCUT2D eigenvalue weighted by atomic mass is 10.1. The standard InChI is InChI=1S/C20H17ClN4O3S2/c1-25(30(27,28)18-9-5-3-7-15(18)11-22)13-19(26)24-20-23-12-16(29-20)10-14-6-2-4-8-17(14)21/h2-9,12H,10,13H2,1H3,(H,23,24,26). The van der Waals surface area contributed by atoms with E-state index in [-0.39, 0.29) is 10.5 Å². The second kappa shape index (κ2) is 9.36. The highest BCUT2D eigenvalue weighted by Crippen LogP contribution is 2.25. The van der Waals surface area contributed by atoms with Gasteiger partial charge in [0.15, 0.2) is 5.13 Å². The molecular weight excluding hydrogens is 444 g/mol. The van der Waals surface area contributed by atoms with Gasteiger partial charge in [0, 0.05) is 29.6 Å². The summed E-state index contributed by atoms with van der Waals surface area (Å²) in [5, 5.41) is 12.8. The van der Waals surface area contributed by atoms with Crippen LogP contribution in [-0.4, -0.2) is 37.2 Å². The fraction of sp³-hybridized carbons (Fsp3) is 0.150. The van der Waals surface area contributed by atoms with E-state index < -0.39 is 22.5 Å². The van der Waals surface area contributed by atoms with Gasteiger partial charge in [0.05, 0.1) is 17.0 Å². The van der Waals surface area contributed by atoms with Crippen molar-refractivity contribution in [2.24, 2.45) is 0 Å². The number of carbonyl (C=O) groups is 1. The van der Waals surface area contributed by atoms with Crippen molar-refractivity contribution in [3.05, 3.63) is 75.8 Å². The van der Waals surface area contributed by atoms with Gasteiger partial charge in [-0.2, -0.15) is 9.57 Å². The van der Waals surface area contributed by atoms with Crippen LogP contribution in [0.5, 0.6) is 0 Å². The van der Waals surface area contributed by atoms with Crippen molar-refractivity contribution in [3.8, 4) is 6.07 Å². The predicted octanol–water partition coefficient (Wildman–Crippen LogP) is 3.52. The summed E-state index contributed by atoms with van der Waals surface area (Å²) >= 11 is 7.46. The molecule has 0 aliphatic heterocycles. The molecule has 0 spiro atoms. The Bertz CT molecular complexity index is 1220. The van der Waals surface area contributed by atoms with E-state index >= 15 is 0 Å². The van der Waals surface area contributed by atoms with Crippen LogP contribution >= 0.6 is 22.9 Å². The first-order valence-electron chi connectivity index (χ1n) is 8.74. The topological polar surface area (TPSA) is 103 Å². The second-order valence-electron chi connectivity index (χ2n) is 6.32. The first-order chi connectivity index (χ1) is 14.3. The first kappa shape index (κ1) is 21.9. The minimum atomic E-state index is -3.99. The quantitative estimate of drug-likeness (QED) is 0.581. The van der Waals surface area contributed by atoms with Gasteiger partial charge in [-0.25, -0.2) is 13.4 Å². The second-order valence-corrected chi connectivity index (χ2v) is 9.85. The number of likely N-dealkylation sites (N-methyl/N-ethyl adjacent to an activating group) is 1. The van der Waals surface area contributed by atoms with E-state index in [2.05, 4.69) is 10.3 Å². The van der Waals surface area contributed by atoms with Crippen molar-refractivity contribution in [3.63, 3.8) is 0 Å². The summed E-state index contributed by atoms with van der Waals surface area (Å²) in [5.74, 6) is -0.533. The van der Waals surface area contributed by atoms with Gasteiger partial charge >= 0.3 is 0 Å². The van der Waals surface area contributed by atoms with Crippen molar-refractivity contribution < 1.29 is 13.2 Å². The highest BCUT2D eigenvalue weighted by atomic mass is 35.5. The summed E-state index contributed by atoms with van der Waals surface area (Å²) < 4.78 is 26.3. The Kier molecular flexibility index (Phi) is 6.84. The maximum Gasteiger partial charge on any atom is 0.244 e. The van der Waals surface area contributed by atoms with Crippen LogP contribution in [-0.2, 0) is 21.2 Å². The lowest BCUT2D eigenvalue weighted by Gasteiger charge is -2.17. The molecule has 1 N–H and O–H groups in total. The minimum absolute atomic E-state index is 0.0221. The fourth-order valence-electron chi connectivity index (χ4n) is 2.67. The number of benzene rings is 2. The Morgan fingerprint density at radius 1 is 1.23 bits per heavy atom. The normalized spacial score (nSPS) is 11.3.